The van der Waals surface area contributed by atoms with Gasteiger partial charge in [-0.15, -0.1) is 0 Å². The second-order valence-electron chi connectivity index (χ2n) is 7.14. The molecule has 3 aromatic rings. The summed E-state index contributed by atoms with van der Waals surface area (Å²) < 4.78 is 47.3. The number of para-hydroxylation sites is 1. The molecule has 0 spiro atoms. The van der Waals surface area contributed by atoms with Gasteiger partial charge in [0.15, 0.2) is 11.6 Å². The van der Waals surface area contributed by atoms with Gasteiger partial charge >= 0.3 is 6.09 Å². The number of rotatable bonds is 2. The number of carbonyl (C=O) groups excluding carboxylic acids is 1. The van der Waals surface area contributed by atoms with E-state index < -0.39 is 40.8 Å². The van der Waals surface area contributed by atoms with E-state index in [0.29, 0.717) is 23.0 Å². The van der Waals surface area contributed by atoms with Crippen LogP contribution in [-0.2, 0) is 4.74 Å². The van der Waals surface area contributed by atoms with Crippen molar-refractivity contribution in [2.24, 2.45) is 0 Å². The monoisotopic (exact) mass is 377 g/mol. The number of carbonyl (C=O) groups is 1. The Hall–Kier alpha value is -2.80. The van der Waals surface area contributed by atoms with Crippen LogP contribution in [0.3, 0.4) is 0 Å². The molecule has 1 unspecified atom stereocenters. The molecule has 27 heavy (non-hydrogen) atoms. The number of benzene rings is 2. The highest BCUT2D eigenvalue weighted by molar-refractivity contribution is 5.92. The third kappa shape index (κ3) is 3.68. The molecule has 0 bridgehead atoms. The van der Waals surface area contributed by atoms with E-state index in [-0.39, 0.29) is 5.56 Å². The molecule has 1 N–H and O–H groups in total. The van der Waals surface area contributed by atoms with E-state index >= 15 is 0 Å². The van der Waals surface area contributed by atoms with Crippen molar-refractivity contribution < 1.29 is 27.8 Å². The maximum Gasteiger partial charge on any atom is 0.419 e. The minimum absolute atomic E-state index is 0.168. The molecule has 0 saturated heterocycles. The summed E-state index contributed by atoms with van der Waals surface area (Å²) in [6.07, 6.45) is -0.971. The molecule has 0 aliphatic rings. The fourth-order valence-electron chi connectivity index (χ4n) is 2.80. The second-order valence-corrected chi connectivity index (χ2v) is 7.14. The maximum absolute atomic E-state index is 14.1. The first-order valence-electron chi connectivity index (χ1n) is 8.24. The molecule has 2 aromatic carbocycles. The zero-order valence-corrected chi connectivity index (χ0v) is 15.0. The number of hydrogen-bond acceptors (Lipinski definition) is 3. The van der Waals surface area contributed by atoms with Crippen LogP contribution in [0.5, 0.6) is 0 Å². The molecule has 1 heterocycles. The van der Waals surface area contributed by atoms with Gasteiger partial charge in [-0.1, -0.05) is 18.2 Å². The molecule has 3 rings (SSSR count). The Morgan fingerprint density at radius 1 is 1.04 bits per heavy atom. The molecule has 0 fully saturated rings. The minimum atomic E-state index is -1.60. The number of ether oxygens (including phenoxy) is 1. The van der Waals surface area contributed by atoms with Crippen LogP contribution >= 0.6 is 0 Å². The van der Waals surface area contributed by atoms with E-state index in [2.05, 4.69) is 0 Å². The number of nitrogens with zero attached hydrogens (tertiary/aromatic N) is 1. The van der Waals surface area contributed by atoms with Crippen LogP contribution in [0.1, 0.15) is 38.0 Å². The second kappa shape index (κ2) is 6.74. The van der Waals surface area contributed by atoms with E-state index in [9.17, 15) is 23.1 Å². The Morgan fingerprint density at radius 3 is 2.33 bits per heavy atom. The van der Waals surface area contributed by atoms with Crippen LogP contribution in [0.25, 0.3) is 10.9 Å². The summed E-state index contributed by atoms with van der Waals surface area (Å²) in [5.74, 6) is -3.71. The third-order valence-corrected chi connectivity index (χ3v) is 3.96. The number of aliphatic hydroxyl groups is 1. The predicted molar refractivity (Wildman–Crippen MR) is 93.9 cm³/mol. The molecular formula is C20H18F3NO3. The number of halogens is 3. The standard InChI is InChI=1S/C20H18F3NO3/c1-20(2,3)27-19(26)24-10-13(11-6-4-5-7-17(11)24)18(25)12-8-15(22)16(23)9-14(12)21/h4-10,18,25H,1-3H3. The molecule has 1 atom stereocenters. The van der Waals surface area contributed by atoms with Crippen LogP contribution in [0.4, 0.5) is 18.0 Å². The topological polar surface area (TPSA) is 51.5 Å². The molecule has 1 aromatic heterocycles. The first kappa shape index (κ1) is 19.0. The van der Waals surface area contributed by atoms with Gasteiger partial charge in [-0.2, -0.15) is 0 Å². The van der Waals surface area contributed by atoms with Crippen molar-refractivity contribution in [3.8, 4) is 0 Å². The molecule has 4 nitrogen and oxygen atoms in total. The lowest BCUT2D eigenvalue weighted by atomic mass is 10.0. The molecule has 0 aliphatic carbocycles. The summed E-state index contributed by atoms with van der Waals surface area (Å²) in [4.78, 5) is 12.5. The Kier molecular flexibility index (Phi) is 4.73. The average Bonchev–Trinajstić information content (AvgIpc) is 2.96. The van der Waals surface area contributed by atoms with Gasteiger partial charge in [0, 0.05) is 28.8 Å². The van der Waals surface area contributed by atoms with Crippen molar-refractivity contribution in [2.45, 2.75) is 32.5 Å². The molecular weight excluding hydrogens is 359 g/mol. The van der Waals surface area contributed by atoms with E-state index in [1.54, 1.807) is 45.0 Å². The van der Waals surface area contributed by atoms with Gasteiger partial charge in [-0.3, -0.25) is 4.57 Å². The number of aliphatic hydroxyl groups excluding tert-OH is 1. The van der Waals surface area contributed by atoms with Gasteiger partial charge in [0.25, 0.3) is 0 Å². The van der Waals surface area contributed by atoms with Gasteiger partial charge in [0.1, 0.15) is 17.5 Å². The molecule has 0 amide bonds. The first-order valence-corrected chi connectivity index (χ1v) is 8.24. The quantitative estimate of drug-likeness (QED) is 0.645. The average molecular weight is 377 g/mol. The highest BCUT2D eigenvalue weighted by Gasteiger charge is 2.25. The zero-order valence-electron chi connectivity index (χ0n) is 15.0. The van der Waals surface area contributed by atoms with E-state index in [0.717, 1.165) is 0 Å². The highest BCUT2D eigenvalue weighted by atomic mass is 19.2. The zero-order chi connectivity index (χ0) is 19.9. The summed E-state index contributed by atoms with van der Waals surface area (Å²) in [6, 6.07) is 7.62. The lowest BCUT2D eigenvalue weighted by molar-refractivity contribution is 0.0544. The Labute approximate surface area is 153 Å². The number of fused-ring (bicyclic) bond motifs is 1. The highest BCUT2D eigenvalue weighted by Crippen LogP contribution is 2.33. The van der Waals surface area contributed by atoms with Crippen molar-refractivity contribution in [3.05, 3.63) is 71.2 Å². The van der Waals surface area contributed by atoms with Crippen LogP contribution in [0.15, 0.2) is 42.6 Å². The van der Waals surface area contributed by atoms with E-state index in [1.165, 1.54) is 10.8 Å². The van der Waals surface area contributed by atoms with Gasteiger partial charge in [0.05, 0.1) is 5.52 Å². The number of aromatic nitrogens is 1. The first-order chi connectivity index (χ1) is 12.6. The lowest BCUT2D eigenvalue weighted by Gasteiger charge is -2.19. The van der Waals surface area contributed by atoms with Gasteiger partial charge < -0.3 is 9.84 Å². The van der Waals surface area contributed by atoms with Gasteiger partial charge in [-0.25, -0.2) is 18.0 Å². The summed E-state index contributed by atoms with van der Waals surface area (Å²) in [5, 5.41) is 11.1. The van der Waals surface area contributed by atoms with Gasteiger partial charge in [-0.05, 0) is 32.9 Å². The van der Waals surface area contributed by atoms with Crippen LogP contribution in [0, 0.1) is 17.5 Å². The smallest absolute Gasteiger partial charge is 0.419 e. The van der Waals surface area contributed by atoms with Gasteiger partial charge in [0.2, 0.25) is 0 Å². The van der Waals surface area contributed by atoms with E-state index in [1.807, 2.05) is 0 Å². The lowest BCUT2D eigenvalue weighted by Crippen LogP contribution is -2.26. The predicted octanol–water partition coefficient (Wildman–Crippen LogP) is 4.92. The van der Waals surface area contributed by atoms with Crippen molar-refractivity contribution in [2.75, 3.05) is 0 Å². The summed E-state index contributed by atoms with van der Waals surface area (Å²) >= 11 is 0. The van der Waals surface area contributed by atoms with Crippen LogP contribution < -0.4 is 0 Å². The Bertz CT molecular complexity index is 1020. The molecule has 142 valence electrons. The van der Waals surface area contributed by atoms with E-state index in [4.69, 9.17) is 4.74 Å². The SMILES string of the molecule is CC(C)(C)OC(=O)n1cc(C(O)c2cc(F)c(F)cc2F)c2ccccc21. The fraction of sp³-hybridized carbons (Fsp3) is 0.250. The largest absolute Gasteiger partial charge is 0.443 e. The fourth-order valence-corrected chi connectivity index (χ4v) is 2.80. The Morgan fingerprint density at radius 2 is 1.67 bits per heavy atom. The normalized spacial score (nSPS) is 13.0. The number of hydrogen-bond donors (Lipinski definition) is 1. The van der Waals surface area contributed by atoms with Crippen molar-refractivity contribution in [1.29, 1.82) is 0 Å². The van der Waals surface area contributed by atoms with Crippen LogP contribution in [0.2, 0.25) is 0 Å². The third-order valence-electron chi connectivity index (χ3n) is 3.96. The van der Waals surface area contributed by atoms with Crippen LogP contribution in [-0.4, -0.2) is 21.4 Å². The minimum Gasteiger partial charge on any atom is -0.443 e. The summed E-state index contributed by atoms with van der Waals surface area (Å²) in [6.45, 7) is 5.13. The maximum atomic E-state index is 14.1. The van der Waals surface area contributed by atoms with Crippen molar-refractivity contribution in [3.63, 3.8) is 0 Å². The molecule has 0 radical (unpaired) electrons. The van der Waals surface area contributed by atoms with Crippen molar-refractivity contribution in [1.82, 2.24) is 4.57 Å². The molecule has 7 heteroatoms. The summed E-state index contributed by atoms with van der Waals surface area (Å²) in [5.41, 5.74) is -0.570. The molecule has 0 saturated carbocycles. The molecule has 0 aliphatic heterocycles. The summed E-state index contributed by atoms with van der Waals surface area (Å²) in [7, 11) is 0. The van der Waals surface area contributed by atoms with Crippen molar-refractivity contribution >= 4 is 17.0 Å². The Balaban J connectivity index is 2.13.